The van der Waals surface area contributed by atoms with Crippen molar-refractivity contribution in [2.45, 2.75) is 0 Å². The molecule has 0 unspecified atom stereocenters. The van der Waals surface area contributed by atoms with Gasteiger partial charge in [-0.25, -0.2) is 0 Å². The molecule has 0 aromatic rings. The van der Waals surface area contributed by atoms with Crippen LogP contribution in [0.25, 0.3) is 0 Å². The molecule has 0 heterocycles. The summed E-state index contributed by atoms with van der Waals surface area (Å²) in [5, 5.41) is 0. The van der Waals surface area contributed by atoms with E-state index in [1.165, 1.54) is 0 Å². The van der Waals surface area contributed by atoms with Crippen molar-refractivity contribution in [2.75, 3.05) is 57.6 Å². The van der Waals surface area contributed by atoms with Crippen LogP contribution in [0.3, 0.4) is 0 Å². The summed E-state index contributed by atoms with van der Waals surface area (Å²) < 4.78 is 54.6. The van der Waals surface area contributed by atoms with Gasteiger partial charge < -0.3 is 71.8 Å². The van der Waals surface area contributed by atoms with Gasteiger partial charge in [-0.15, -0.1) is 0 Å². The third-order valence-corrected chi connectivity index (χ3v) is 7.06. The Morgan fingerprint density at radius 3 is 0.667 bits per heavy atom. The zero-order valence-corrected chi connectivity index (χ0v) is 32.5. The molecular weight excluding hydrogens is 637 g/mol. The second kappa shape index (κ2) is 21.4. The standard InChI is InChI=1S/C9H28N3O15P5.4Na/c13-28(14,15)5-10(1-3-11(6-29(16,17)18)7-30(19,20)21)2-4-12(8-31(22,23)24)9-32(25,26)27;;;;/h1-9H2,(H2,13,14,15)(H2,16,17,18)(H2,19,20,21)(H2,22,23,24)(H2,25,26,27);;;;/q;4*+1/p-4. The zero-order chi connectivity index (χ0) is 25.6. The first-order valence-electron chi connectivity index (χ1n) is 8.17. The molecule has 18 nitrogen and oxygen atoms in total. The third-order valence-electron chi connectivity index (χ3n) is 3.33. The summed E-state index contributed by atoms with van der Waals surface area (Å²) in [7, 11) is -26.8. The van der Waals surface area contributed by atoms with Crippen molar-refractivity contribution in [3.05, 3.63) is 0 Å². The van der Waals surface area contributed by atoms with E-state index in [2.05, 4.69) is 0 Å². The SMILES string of the molecule is O=P([O-])([O-])CN(CCN(CP(=O)([O-])[O-])CP(=O)([O-])[O-])CCN(CP(=O)([O-])[O-])CP(=O)([O-])[O-].[H+].[H+].[H+].[H+].[H+].[H+].[Na+].[Na+].[Na+].[Na+]. The molecule has 0 aromatic carbocycles. The van der Waals surface area contributed by atoms with Crippen molar-refractivity contribution in [3.8, 4) is 0 Å². The van der Waals surface area contributed by atoms with Gasteiger partial charge in [-0.2, -0.15) is 0 Å². The molecule has 0 bridgehead atoms. The predicted octanol–water partition coefficient (Wildman–Crippen LogP) is -20.1. The van der Waals surface area contributed by atoms with Crippen LogP contribution < -0.4 is 167 Å². The summed E-state index contributed by atoms with van der Waals surface area (Å²) >= 11 is 0. The van der Waals surface area contributed by atoms with Gasteiger partial charge in [0.15, 0.2) is 0 Å². The second-order valence-corrected chi connectivity index (χ2v) is 14.2. The quantitative estimate of drug-likeness (QED) is 0.109. The van der Waals surface area contributed by atoms with E-state index in [0.717, 1.165) is 0 Å². The molecule has 27 heteroatoms. The van der Waals surface area contributed by atoms with Crippen molar-refractivity contribution in [2.24, 2.45) is 0 Å². The van der Waals surface area contributed by atoms with E-state index in [1.54, 1.807) is 0 Å². The van der Waals surface area contributed by atoms with Crippen LogP contribution in [-0.2, 0) is 22.8 Å². The fourth-order valence-electron chi connectivity index (χ4n) is 2.42. The molecule has 0 aromatic heterocycles. The maximum atomic E-state index is 11.1. The normalized spacial score (nSPS) is 13.0. The predicted molar refractivity (Wildman–Crippen MR) is 94.0 cm³/mol. The Morgan fingerprint density at radius 2 is 0.500 bits per heavy atom. The molecule has 0 saturated carbocycles. The van der Waals surface area contributed by atoms with Gasteiger partial charge in [0.25, 0.3) is 0 Å². The Morgan fingerprint density at radius 1 is 0.361 bits per heavy atom. The maximum Gasteiger partial charge on any atom is 1.00 e. The molecule has 0 aliphatic rings. The summed E-state index contributed by atoms with van der Waals surface area (Å²) in [4.78, 5) is 111. The monoisotopic (exact) mass is 661 g/mol. The van der Waals surface area contributed by atoms with Crippen molar-refractivity contribution in [1.82, 2.24) is 14.7 Å². The van der Waals surface area contributed by atoms with Crippen molar-refractivity contribution < 1.29 is 199 Å². The van der Waals surface area contributed by atoms with Crippen LogP contribution in [0.15, 0.2) is 0 Å². The molecule has 0 N–H and O–H groups in total. The summed E-state index contributed by atoms with van der Waals surface area (Å²) in [6.45, 7) is -2.82. The van der Waals surface area contributed by atoms with Crippen LogP contribution in [0, 0.1) is 0 Å². The Bertz CT molecular complexity index is 763. The van der Waals surface area contributed by atoms with E-state index >= 15 is 0 Å². The number of rotatable bonds is 16. The molecular formula is C9H24N3Na4O15P5. The Labute approximate surface area is 305 Å². The Kier molecular flexibility index (Phi) is 29.8. The van der Waals surface area contributed by atoms with Crippen LogP contribution in [0.1, 0.15) is 8.56 Å². The summed E-state index contributed by atoms with van der Waals surface area (Å²) in [6.07, 6.45) is -7.03. The van der Waals surface area contributed by atoms with Gasteiger partial charge in [0.1, 0.15) is 0 Å². The number of hydrogen-bond donors (Lipinski definition) is 0. The molecule has 0 aliphatic carbocycles. The minimum Gasteiger partial charge on any atom is -0.810 e. The van der Waals surface area contributed by atoms with Gasteiger partial charge in [-0.3, -0.25) is 14.7 Å². The van der Waals surface area contributed by atoms with Crippen LogP contribution in [-0.4, -0.2) is 72.3 Å². The Balaban J connectivity index is -0.000000107. The topological polar surface area (TPSA) is 326 Å². The van der Waals surface area contributed by atoms with E-state index in [9.17, 15) is 71.8 Å². The van der Waals surface area contributed by atoms with Gasteiger partial charge in [-0.05, 0) is 0 Å². The van der Waals surface area contributed by atoms with Gasteiger partial charge in [-0.1, -0.05) is 38.0 Å². The fraction of sp³-hybridized carbons (Fsp3) is 1.00. The molecule has 0 radical (unpaired) electrons. The third kappa shape index (κ3) is 34.8. The van der Waals surface area contributed by atoms with Crippen LogP contribution >= 0.6 is 38.0 Å². The van der Waals surface area contributed by atoms with Crippen molar-refractivity contribution in [1.29, 1.82) is 0 Å². The average molecular weight is 661 g/mol. The maximum absolute atomic E-state index is 11.1. The fourth-order valence-corrected chi connectivity index (χ4v) is 6.43. The summed E-state index contributed by atoms with van der Waals surface area (Å²) in [6, 6.07) is 0. The van der Waals surface area contributed by atoms with Crippen LogP contribution in [0.5, 0.6) is 0 Å². The van der Waals surface area contributed by atoms with Gasteiger partial charge >= 0.3 is 127 Å². The van der Waals surface area contributed by atoms with Crippen LogP contribution in [0.2, 0.25) is 0 Å². The van der Waals surface area contributed by atoms with Crippen LogP contribution in [0.4, 0.5) is 0 Å². The minimum absolute atomic E-state index is 0. The molecule has 0 atom stereocenters. The average Bonchev–Trinajstić information content (AvgIpc) is 2.41. The first-order valence-corrected chi connectivity index (χ1v) is 16.8. The molecule has 0 saturated heterocycles. The van der Waals surface area contributed by atoms with E-state index in [1.807, 2.05) is 0 Å². The van der Waals surface area contributed by atoms with E-state index in [-0.39, 0.29) is 127 Å². The largest absolute Gasteiger partial charge is 1.00 e. The summed E-state index contributed by atoms with van der Waals surface area (Å²) in [5.41, 5.74) is 0. The number of hydrogen-bond acceptors (Lipinski definition) is 18. The summed E-state index contributed by atoms with van der Waals surface area (Å²) in [5.74, 6) is 0. The zero-order valence-electron chi connectivity index (χ0n) is 26.1. The first-order chi connectivity index (χ1) is 13.9. The molecule has 0 fully saturated rings. The van der Waals surface area contributed by atoms with E-state index < -0.39 is 95.6 Å². The van der Waals surface area contributed by atoms with Gasteiger partial charge in [0, 0.05) is 57.6 Å². The Hall–Kier alpha value is 4.63. The number of nitrogens with zero attached hydrogens (tertiary/aromatic N) is 3. The minimum atomic E-state index is -5.37. The van der Waals surface area contributed by atoms with Crippen molar-refractivity contribution >= 4 is 38.0 Å². The molecule has 36 heavy (non-hydrogen) atoms. The van der Waals surface area contributed by atoms with Gasteiger partial charge in [0.05, 0.1) is 0 Å². The first kappa shape index (κ1) is 50.3. The van der Waals surface area contributed by atoms with E-state index in [0.29, 0.717) is 14.7 Å². The molecule has 0 spiro atoms. The molecule has 0 amide bonds. The molecule has 0 rings (SSSR count). The second-order valence-electron chi connectivity index (χ2n) is 6.67. The molecule has 0 aliphatic heterocycles. The smallest absolute Gasteiger partial charge is 0.810 e. The van der Waals surface area contributed by atoms with Gasteiger partial charge in [0.2, 0.25) is 0 Å². The van der Waals surface area contributed by atoms with E-state index in [4.69, 9.17) is 0 Å². The molecule has 194 valence electrons. The van der Waals surface area contributed by atoms with Crippen molar-refractivity contribution in [3.63, 3.8) is 0 Å².